The molecule has 0 aliphatic carbocycles. The number of rotatable bonds is 6. The predicted octanol–water partition coefficient (Wildman–Crippen LogP) is -0.178. The number of nitrogens with zero attached hydrogens (tertiary/aromatic N) is 1. The van der Waals surface area contributed by atoms with E-state index in [-0.39, 0.29) is 18.3 Å². The van der Waals surface area contributed by atoms with Gasteiger partial charge in [-0.05, 0) is 19.8 Å². The van der Waals surface area contributed by atoms with Crippen LogP contribution >= 0.6 is 0 Å². The van der Waals surface area contributed by atoms with Gasteiger partial charge in [-0.1, -0.05) is 6.92 Å². The zero-order valence-corrected chi connectivity index (χ0v) is 13.2. The first-order chi connectivity index (χ1) is 9.70. The molecule has 1 fully saturated rings. The van der Waals surface area contributed by atoms with Crippen molar-refractivity contribution in [2.24, 2.45) is 5.41 Å². The highest BCUT2D eigenvalue weighted by atomic mass is 32.2. The van der Waals surface area contributed by atoms with Gasteiger partial charge in [0.1, 0.15) is 0 Å². The predicted molar refractivity (Wildman–Crippen MR) is 77.4 cm³/mol. The van der Waals surface area contributed by atoms with E-state index in [9.17, 15) is 18.0 Å². The van der Waals surface area contributed by atoms with Crippen molar-refractivity contribution in [2.75, 3.05) is 31.9 Å². The van der Waals surface area contributed by atoms with E-state index < -0.39 is 21.4 Å². The lowest BCUT2D eigenvalue weighted by molar-refractivity contribution is -0.150. The summed E-state index contributed by atoms with van der Waals surface area (Å²) in [6, 6.07) is -0.353. The van der Waals surface area contributed by atoms with E-state index in [0.29, 0.717) is 32.5 Å². The largest absolute Gasteiger partial charge is 0.481 e. The number of carboxylic acid groups (broad SMARTS) is 1. The van der Waals surface area contributed by atoms with Crippen molar-refractivity contribution in [1.29, 1.82) is 0 Å². The van der Waals surface area contributed by atoms with Crippen molar-refractivity contribution >= 4 is 22.0 Å². The number of carbonyl (C=O) groups excluding carboxylic acids is 1. The molecule has 0 aromatic rings. The fourth-order valence-corrected chi connectivity index (χ4v) is 3.07. The lowest BCUT2D eigenvalue weighted by atomic mass is 9.80. The van der Waals surface area contributed by atoms with Crippen LogP contribution in [-0.2, 0) is 14.8 Å². The number of piperidine rings is 1. The summed E-state index contributed by atoms with van der Waals surface area (Å²) in [5.41, 5.74) is -0.787. The van der Waals surface area contributed by atoms with Gasteiger partial charge in [0.15, 0.2) is 0 Å². The average Bonchev–Trinajstić information content (AvgIpc) is 2.38. The first kappa shape index (κ1) is 17.7. The Balaban J connectivity index is 2.37. The van der Waals surface area contributed by atoms with Gasteiger partial charge in [0.25, 0.3) is 0 Å². The Kier molecular flexibility index (Phi) is 5.97. The van der Waals surface area contributed by atoms with Crippen molar-refractivity contribution in [1.82, 2.24) is 14.9 Å². The number of nitrogens with one attached hydrogen (secondary N) is 2. The maximum atomic E-state index is 11.9. The highest BCUT2D eigenvalue weighted by molar-refractivity contribution is 7.89. The monoisotopic (exact) mass is 321 g/mol. The molecule has 0 aromatic carbocycles. The van der Waals surface area contributed by atoms with Gasteiger partial charge in [0.05, 0.1) is 11.2 Å². The van der Waals surface area contributed by atoms with E-state index in [1.165, 1.54) is 4.90 Å². The number of carboxylic acids is 1. The van der Waals surface area contributed by atoms with Crippen LogP contribution in [0.1, 0.15) is 26.7 Å². The van der Waals surface area contributed by atoms with E-state index in [4.69, 9.17) is 5.11 Å². The second kappa shape index (κ2) is 7.08. The number of amides is 2. The molecule has 9 heteroatoms. The zero-order chi connectivity index (χ0) is 16.1. The number of urea groups is 1. The molecule has 0 aromatic heterocycles. The van der Waals surface area contributed by atoms with E-state index >= 15 is 0 Å². The molecular weight excluding hydrogens is 298 g/mol. The van der Waals surface area contributed by atoms with E-state index in [2.05, 4.69) is 10.0 Å². The van der Waals surface area contributed by atoms with Crippen LogP contribution in [0, 0.1) is 5.41 Å². The number of likely N-dealkylation sites (tertiary alicyclic amines) is 1. The molecule has 3 N–H and O–H groups in total. The Morgan fingerprint density at radius 2 is 1.86 bits per heavy atom. The summed E-state index contributed by atoms with van der Waals surface area (Å²) in [5.74, 6) is -1.02. The summed E-state index contributed by atoms with van der Waals surface area (Å²) in [6.45, 7) is 4.41. The van der Waals surface area contributed by atoms with E-state index in [1.54, 1.807) is 13.8 Å². The summed E-state index contributed by atoms with van der Waals surface area (Å²) in [6.07, 6.45) is 0.789. The van der Waals surface area contributed by atoms with Gasteiger partial charge < -0.3 is 15.3 Å². The maximum absolute atomic E-state index is 11.9. The van der Waals surface area contributed by atoms with Gasteiger partial charge in [0.2, 0.25) is 10.0 Å². The lowest BCUT2D eigenvalue weighted by Crippen LogP contribution is -2.49. The topological polar surface area (TPSA) is 116 Å². The quantitative estimate of drug-likeness (QED) is 0.628. The molecule has 0 spiro atoms. The highest BCUT2D eigenvalue weighted by Gasteiger charge is 2.37. The van der Waals surface area contributed by atoms with E-state index in [1.807, 2.05) is 0 Å². The second-order valence-corrected chi connectivity index (χ2v) is 7.33. The molecule has 1 aliphatic heterocycles. The van der Waals surface area contributed by atoms with Crippen LogP contribution in [0.4, 0.5) is 4.79 Å². The number of hydrogen-bond acceptors (Lipinski definition) is 4. The van der Waals surface area contributed by atoms with Crippen LogP contribution in [0.5, 0.6) is 0 Å². The van der Waals surface area contributed by atoms with Crippen molar-refractivity contribution in [3.05, 3.63) is 0 Å². The Hall–Kier alpha value is -1.35. The van der Waals surface area contributed by atoms with Crippen molar-refractivity contribution < 1.29 is 23.1 Å². The zero-order valence-electron chi connectivity index (χ0n) is 12.4. The first-order valence-corrected chi connectivity index (χ1v) is 8.59. The normalized spacial score (nSPS) is 18.3. The standard InChI is InChI=1S/C12H23N3O5S/c1-3-14-21(19,20)9-6-13-11(18)15-7-4-12(2,5-8-15)10(16)17/h14H,3-9H2,1-2H3,(H,13,18)(H,16,17). The van der Waals surface area contributed by atoms with Crippen molar-refractivity contribution in [3.63, 3.8) is 0 Å². The van der Waals surface area contributed by atoms with E-state index in [0.717, 1.165) is 0 Å². The molecule has 8 nitrogen and oxygen atoms in total. The minimum absolute atomic E-state index is 0.0286. The summed E-state index contributed by atoms with van der Waals surface area (Å²) < 4.78 is 25.2. The highest BCUT2D eigenvalue weighted by Crippen LogP contribution is 2.30. The summed E-state index contributed by atoms with van der Waals surface area (Å²) in [4.78, 5) is 24.5. The summed E-state index contributed by atoms with van der Waals surface area (Å²) in [7, 11) is -3.35. The molecule has 0 atom stereocenters. The molecule has 0 saturated carbocycles. The van der Waals surface area contributed by atoms with Crippen molar-refractivity contribution in [2.45, 2.75) is 26.7 Å². The van der Waals surface area contributed by atoms with Gasteiger partial charge in [-0.3, -0.25) is 4.79 Å². The number of carbonyl (C=O) groups is 2. The molecule has 0 bridgehead atoms. The van der Waals surface area contributed by atoms with Gasteiger partial charge >= 0.3 is 12.0 Å². The third-order valence-electron chi connectivity index (χ3n) is 3.68. The van der Waals surface area contributed by atoms with Crippen LogP contribution in [-0.4, -0.2) is 62.4 Å². The summed E-state index contributed by atoms with van der Waals surface area (Å²) in [5, 5.41) is 11.7. The minimum atomic E-state index is -3.35. The molecule has 1 saturated heterocycles. The Labute approximate surface area is 124 Å². The molecule has 1 rings (SSSR count). The van der Waals surface area contributed by atoms with Crippen LogP contribution in [0.3, 0.4) is 0 Å². The molecule has 2 amide bonds. The van der Waals surface area contributed by atoms with Crippen molar-refractivity contribution in [3.8, 4) is 0 Å². The fourth-order valence-electron chi connectivity index (χ4n) is 2.11. The van der Waals surface area contributed by atoms with Gasteiger partial charge in [-0.15, -0.1) is 0 Å². The molecule has 1 aliphatic rings. The van der Waals surface area contributed by atoms with Gasteiger partial charge in [-0.2, -0.15) is 0 Å². The number of aliphatic carboxylic acids is 1. The fraction of sp³-hybridized carbons (Fsp3) is 0.833. The Bertz CT molecular complexity index is 483. The molecule has 0 radical (unpaired) electrons. The average molecular weight is 321 g/mol. The van der Waals surface area contributed by atoms with Crippen LogP contribution in [0.25, 0.3) is 0 Å². The summed E-state index contributed by atoms with van der Waals surface area (Å²) >= 11 is 0. The first-order valence-electron chi connectivity index (χ1n) is 6.94. The molecule has 122 valence electrons. The Morgan fingerprint density at radius 1 is 1.29 bits per heavy atom. The molecular formula is C12H23N3O5S. The number of sulfonamides is 1. The van der Waals surface area contributed by atoms with Gasteiger partial charge in [-0.25, -0.2) is 17.9 Å². The minimum Gasteiger partial charge on any atom is -0.481 e. The smallest absolute Gasteiger partial charge is 0.317 e. The Morgan fingerprint density at radius 3 is 2.33 bits per heavy atom. The maximum Gasteiger partial charge on any atom is 0.317 e. The molecule has 1 heterocycles. The lowest BCUT2D eigenvalue weighted by Gasteiger charge is -2.36. The van der Waals surface area contributed by atoms with Crippen LogP contribution in [0.15, 0.2) is 0 Å². The molecule has 21 heavy (non-hydrogen) atoms. The SMILES string of the molecule is CCNS(=O)(=O)CCNC(=O)N1CCC(C)(C(=O)O)CC1. The van der Waals surface area contributed by atoms with Crippen LogP contribution in [0.2, 0.25) is 0 Å². The number of hydrogen-bond donors (Lipinski definition) is 3. The molecule has 0 unspecified atom stereocenters. The van der Waals surface area contributed by atoms with Gasteiger partial charge in [0, 0.05) is 26.2 Å². The van der Waals surface area contributed by atoms with Crippen LogP contribution < -0.4 is 10.0 Å². The third kappa shape index (κ3) is 5.16. The third-order valence-corrected chi connectivity index (χ3v) is 5.15. The second-order valence-electron chi connectivity index (χ2n) is 5.40.